The molecule has 5 heteroatoms. The Hall–Kier alpha value is -5.42. The van der Waals surface area contributed by atoms with Gasteiger partial charge in [0.15, 0.2) is 5.82 Å². The largest absolute Gasteiger partial charge is 0.307 e. The fourth-order valence-corrected chi connectivity index (χ4v) is 5.71. The summed E-state index contributed by atoms with van der Waals surface area (Å²) in [4.78, 5) is 0. The molecule has 184 valence electrons. The van der Waals surface area contributed by atoms with Crippen molar-refractivity contribution in [2.24, 2.45) is 0 Å². The Balaban J connectivity index is 1.50. The van der Waals surface area contributed by atoms with Crippen LogP contribution in [0.5, 0.6) is 0 Å². The fourth-order valence-electron chi connectivity index (χ4n) is 5.71. The number of rotatable bonds is 4. The number of benzene rings is 5. The SMILES string of the molecule is c1ccc(-c2nnc(-n3ccc4ccc5c6ccccc6n(-c6ccccc6)c5c43)n2-c2ccccc2)cc1. The van der Waals surface area contributed by atoms with Crippen molar-refractivity contribution in [3.8, 4) is 28.7 Å². The number of hydrogen-bond donors (Lipinski definition) is 0. The molecule has 0 aliphatic carbocycles. The number of fused-ring (bicyclic) bond motifs is 5. The lowest BCUT2D eigenvalue weighted by atomic mass is 10.1. The van der Waals surface area contributed by atoms with E-state index in [1.807, 2.05) is 36.4 Å². The molecule has 0 aliphatic rings. The molecular formula is C34H23N5. The molecule has 0 bridgehead atoms. The summed E-state index contributed by atoms with van der Waals surface area (Å²) in [6.45, 7) is 0. The molecule has 0 amide bonds. The molecule has 5 aromatic carbocycles. The summed E-state index contributed by atoms with van der Waals surface area (Å²) in [7, 11) is 0. The van der Waals surface area contributed by atoms with Crippen LogP contribution in [-0.2, 0) is 0 Å². The Kier molecular flexibility index (Phi) is 4.76. The molecule has 0 atom stereocenters. The van der Waals surface area contributed by atoms with Gasteiger partial charge >= 0.3 is 0 Å². The Labute approximate surface area is 224 Å². The topological polar surface area (TPSA) is 40.6 Å². The van der Waals surface area contributed by atoms with Gasteiger partial charge in [0.2, 0.25) is 5.95 Å². The first-order chi connectivity index (χ1) is 19.4. The van der Waals surface area contributed by atoms with E-state index >= 15 is 0 Å². The third-order valence-corrected chi connectivity index (χ3v) is 7.41. The summed E-state index contributed by atoms with van der Waals surface area (Å²) in [5.74, 6) is 1.54. The normalized spacial score (nSPS) is 11.6. The van der Waals surface area contributed by atoms with E-state index in [1.165, 1.54) is 16.3 Å². The molecule has 0 unspecified atom stereocenters. The van der Waals surface area contributed by atoms with Crippen molar-refractivity contribution in [3.05, 3.63) is 140 Å². The number of para-hydroxylation sites is 3. The van der Waals surface area contributed by atoms with Gasteiger partial charge in [0.05, 0.1) is 22.2 Å². The highest BCUT2D eigenvalue weighted by molar-refractivity contribution is 6.18. The third kappa shape index (κ3) is 3.27. The maximum Gasteiger partial charge on any atom is 0.240 e. The first-order valence-corrected chi connectivity index (χ1v) is 13.0. The van der Waals surface area contributed by atoms with Crippen LogP contribution in [0.2, 0.25) is 0 Å². The first-order valence-electron chi connectivity index (χ1n) is 13.0. The maximum atomic E-state index is 4.79. The summed E-state index contributed by atoms with van der Waals surface area (Å²) in [6, 6.07) is 46.4. The summed E-state index contributed by atoms with van der Waals surface area (Å²) >= 11 is 0. The van der Waals surface area contributed by atoms with E-state index < -0.39 is 0 Å². The van der Waals surface area contributed by atoms with E-state index in [4.69, 9.17) is 10.2 Å². The molecule has 8 rings (SSSR count). The standard InChI is InChI=1S/C34H23N5/c1-4-12-25(13-5-1)33-35-36-34(39(33)27-16-8-3-9-17-27)37-23-22-24-20-21-29-28-18-10-11-19-30(28)38(32(29)31(24)37)26-14-6-2-7-15-26/h1-23H. The van der Waals surface area contributed by atoms with Crippen molar-refractivity contribution in [1.29, 1.82) is 0 Å². The molecule has 0 fully saturated rings. The predicted molar refractivity (Wildman–Crippen MR) is 158 cm³/mol. The average molecular weight is 502 g/mol. The van der Waals surface area contributed by atoms with Gasteiger partial charge in [0.25, 0.3) is 0 Å². The van der Waals surface area contributed by atoms with Gasteiger partial charge in [-0.25, -0.2) is 0 Å². The second kappa shape index (κ2) is 8.57. The average Bonchev–Trinajstić information content (AvgIpc) is 3.72. The summed E-state index contributed by atoms with van der Waals surface area (Å²) < 4.78 is 6.69. The van der Waals surface area contributed by atoms with Crippen molar-refractivity contribution in [1.82, 2.24) is 23.9 Å². The Bertz CT molecular complexity index is 2100. The van der Waals surface area contributed by atoms with Gasteiger partial charge in [-0.05, 0) is 36.4 Å². The van der Waals surface area contributed by atoms with Crippen molar-refractivity contribution in [2.45, 2.75) is 0 Å². The zero-order valence-corrected chi connectivity index (χ0v) is 21.0. The highest BCUT2D eigenvalue weighted by atomic mass is 15.4. The lowest BCUT2D eigenvalue weighted by Gasteiger charge is -2.14. The molecule has 0 saturated heterocycles. The summed E-state index contributed by atoms with van der Waals surface area (Å²) in [5, 5.41) is 13.1. The van der Waals surface area contributed by atoms with Crippen LogP contribution >= 0.6 is 0 Å². The number of nitrogens with zero attached hydrogens (tertiary/aromatic N) is 5. The quantitative estimate of drug-likeness (QED) is 0.245. The lowest BCUT2D eigenvalue weighted by molar-refractivity contribution is 0.913. The van der Waals surface area contributed by atoms with E-state index in [-0.39, 0.29) is 0 Å². The van der Waals surface area contributed by atoms with Crippen molar-refractivity contribution in [2.75, 3.05) is 0 Å². The summed E-state index contributed by atoms with van der Waals surface area (Å²) in [6.07, 6.45) is 2.11. The highest BCUT2D eigenvalue weighted by Crippen LogP contribution is 2.38. The second-order valence-electron chi connectivity index (χ2n) is 9.63. The lowest BCUT2D eigenvalue weighted by Crippen LogP contribution is -2.06. The van der Waals surface area contributed by atoms with Crippen LogP contribution in [0.25, 0.3) is 61.4 Å². The van der Waals surface area contributed by atoms with E-state index in [0.29, 0.717) is 0 Å². The zero-order chi connectivity index (χ0) is 25.8. The van der Waals surface area contributed by atoms with E-state index in [9.17, 15) is 0 Å². The van der Waals surface area contributed by atoms with E-state index in [1.54, 1.807) is 0 Å². The van der Waals surface area contributed by atoms with Gasteiger partial charge in [-0.1, -0.05) is 97.1 Å². The van der Waals surface area contributed by atoms with Gasteiger partial charge in [-0.3, -0.25) is 9.13 Å². The minimum atomic E-state index is 0.743. The van der Waals surface area contributed by atoms with Gasteiger partial charge in [0, 0.05) is 33.6 Å². The molecule has 3 aromatic heterocycles. The molecule has 0 aliphatic heterocycles. The highest BCUT2D eigenvalue weighted by Gasteiger charge is 2.22. The molecule has 0 spiro atoms. The molecule has 0 radical (unpaired) electrons. The maximum absolute atomic E-state index is 4.79. The van der Waals surface area contributed by atoms with Crippen molar-refractivity contribution in [3.63, 3.8) is 0 Å². The van der Waals surface area contributed by atoms with Gasteiger partial charge in [-0.2, -0.15) is 0 Å². The molecule has 3 heterocycles. The van der Waals surface area contributed by atoms with Crippen molar-refractivity contribution < 1.29 is 0 Å². The molecule has 39 heavy (non-hydrogen) atoms. The molecular weight excluding hydrogens is 478 g/mol. The van der Waals surface area contributed by atoms with Crippen LogP contribution < -0.4 is 0 Å². The predicted octanol–water partition coefficient (Wildman–Crippen LogP) is 7.98. The monoisotopic (exact) mass is 501 g/mol. The number of aromatic nitrogens is 5. The summed E-state index contributed by atoms with van der Waals surface area (Å²) in [5.41, 5.74) is 6.56. The molecule has 0 N–H and O–H groups in total. The Morgan fingerprint density at radius 1 is 0.462 bits per heavy atom. The van der Waals surface area contributed by atoms with E-state index in [0.717, 1.165) is 45.1 Å². The number of hydrogen-bond acceptors (Lipinski definition) is 2. The van der Waals surface area contributed by atoms with Gasteiger partial charge < -0.3 is 4.57 Å². The van der Waals surface area contributed by atoms with Crippen LogP contribution in [0, 0.1) is 0 Å². The fraction of sp³-hybridized carbons (Fsp3) is 0. The smallest absolute Gasteiger partial charge is 0.240 e. The molecule has 8 aromatic rings. The van der Waals surface area contributed by atoms with Crippen LogP contribution in [0.15, 0.2) is 140 Å². The van der Waals surface area contributed by atoms with Crippen LogP contribution in [0.1, 0.15) is 0 Å². The minimum absolute atomic E-state index is 0.743. The van der Waals surface area contributed by atoms with E-state index in [2.05, 4.69) is 117 Å². The second-order valence-corrected chi connectivity index (χ2v) is 9.63. The van der Waals surface area contributed by atoms with Crippen LogP contribution in [0.3, 0.4) is 0 Å². The molecule has 0 saturated carbocycles. The Morgan fingerprint density at radius 3 is 1.85 bits per heavy atom. The molecule has 5 nitrogen and oxygen atoms in total. The van der Waals surface area contributed by atoms with Crippen LogP contribution in [-0.4, -0.2) is 23.9 Å². The van der Waals surface area contributed by atoms with Crippen LogP contribution in [0.4, 0.5) is 0 Å². The Morgan fingerprint density at radius 2 is 1.10 bits per heavy atom. The van der Waals surface area contributed by atoms with Crippen molar-refractivity contribution >= 4 is 32.7 Å². The van der Waals surface area contributed by atoms with Gasteiger partial charge in [-0.15, -0.1) is 10.2 Å². The first kappa shape index (κ1) is 21.6. The van der Waals surface area contributed by atoms with Gasteiger partial charge in [0.1, 0.15) is 0 Å². The minimum Gasteiger partial charge on any atom is -0.307 e. The third-order valence-electron chi connectivity index (χ3n) is 7.41. The zero-order valence-electron chi connectivity index (χ0n) is 21.0.